The highest BCUT2D eigenvalue weighted by molar-refractivity contribution is 5.69. The van der Waals surface area contributed by atoms with E-state index < -0.39 is 0 Å². The van der Waals surface area contributed by atoms with E-state index in [-0.39, 0.29) is 111 Å². The fraction of sp³-hybridized carbons (Fsp3) is 0.286. The molecule has 103 heavy (non-hydrogen) atoms. The second-order valence-electron chi connectivity index (χ2n) is 23.0. The number of nitrogens with one attached hydrogen (secondary N) is 3. The van der Waals surface area contributed by atoms with Crippen molar-refractivity contribution in [1.29, 1.82) is 0 Å². The number of hydrogen-bond acceptors (Lipinski definition) is 40. The minimum Gasteiger partial charge on any atom is -0.504 e. The number of phenolic OH excluding ortho intramolecular Hbond substituents is 10. The quantitative estimate of drug-likeness (QED) is 0.0359. The molecule has 0 atom stereocenters. The minimum atomic E-state index is -0.284. The Hall–Kier alpha value is -13.9. The molecule has 0 aliphatic heterocycles. The summed E-state index contributed by atoms with van der Waals surface area (Å²) in [5, 5.41) is 105. The maximum absolute atomic E-state index is 9.87. The summed E-state index contributed by atoms with van der Waals surface area (Å²) >= 11 is 0. The second kappa shape index (κ2) is 36.1. The third-order valence-corrected chi connectivity index (χ3v) is 13.7. The van der Waals surface area contributed by atoms with Crippen LogP contribution in [0.4, 0.5) is 101 Å². The smallest absolute Gasteiger partial charge is 0.236 e. The van der Waals surface area contributed by atoms with Gasteiger partial charge in [-0.05, 0) is 67.3 Å². The first-order valence-corrected chi connectivity index (χ1v) is 30.8. The van der Waals surface area contributed by atoms with Crippen LogP contribution in [0, 0.1) is 0 Å². The molecule has 23 N–H and O–H groups in total. The summed E-state index contributed by atoms with van der Waals surface area (Å²) in [5.41, 5.74) is 30.6. The van der Waals surface area contributed by atoms with Gasteiger partial charge >= 0.3 is 0 Å². The predicted octanol–water partition coefficient (Wildman–Crippen LogP) is 3.85. The van der Waals surface area contributed by atoms with Crippen LogP contribution in [0.15, 0.2) is 91.0 Å². The van der Waals surface area contributed by atoms with Crippen molar-refractivity contribution in [1.82, 2.24) is 74.8 Å². The van der Waals surface area contributed by atoms with Gasteiger partial charge in [-0.25, -0.2) is 0 Å². The van der Waals surface area contributed by atoms with Crippen molar-refractivity contribution in [3.05, 3.63) is 108 Å². The standard InChI is InChI=1S/C15H22N6O2.C13H18N6O2.2C12H16N6O2.C11H14N6O2/c1-21(2)15-19-13(16)18-14(20-15)17-9-4-3-6-10-7-5-8-11(22)12(10)23;1-18(2)12-15-11(14)16-13(17-12)19(3)7-8-5-4-6-9(20)10(8)21;1-17(2)11-14-10(13)15-12(16-11)18(3)7-5-4-6-8(19)9(7)20;1-18(2)12-16-10(13)15-11(17-12)14-6-7-4-3-5-8(19)9(7)20;1-17(2)11-15-9(12)14-10(16-11)13-6-4-3-5-7(18)8(6)19/h5,7-8,22-23H,3-4,6,9H2,1-2H3,(H3,16,17,18,19,20);4-6,20-21H,7H2,1-3H3,(H2,14,15,16,17);4-6,19-20H,1-3H3,(H2,13,14,15,16);3-5,19-20H,6H2,1-2H3,(H3,13,14,15,16,17);3-5,18-19H,1-2H3,(H3,12,13,14,15,16). The fourth-order valence-corrected chi connectivity index (χ4v) is 8.41. The number of anilines is 17. The molecule has 0 radical (unpaired) electrons. The first-order chi connectivity index (χ1) is 48.7. The summed E-state index contributed by atoms with van der Waals surface area (Å²) in [5.74, 6) is 2.49. The van der Waals surface area contributed by atoms with Crippen LogP contribution in [0.3, 0.4) is 0 Å². The number of rotatable bonds is 21. The monoisotopic (exact) mass is 1420 g/mol. The molecule has 0 unspecified atom stereocenters. The first-order valence-electron chi connectivity index (χ1n) is 30.8. The summed E-state index contributed by atoms with van der Waals surface area (Å²) in [6, 6.07) is 23.7. The van der Waals surface area contributed by atoms with Gasteiger partial charge in [0.2, 0.25) is 89.2 Å². The lowest BCUT2D eigenvalue weighted by Gasteiger charge is -2.20. The molecule has 10 rings (SSSR count). The highest BCUT2D eigenvalue weighted by atomic mass is 16.3. The molecule has 0 amide bonds. The Kier molecular flexibility index (Phi) is 27.4. The number of nitrogen functional groups attached to an aromatic ring is 5. The van der Waals surface area contributed by atoms with E-state index in [4.69, 9.17) is 28.7 Å². The van der Waals surface area contributed by atoms with Gasteiger partial charge < -0.3 is 130 Å². The molecule has 0 saturated carbocycles. The second-order valence-corrected chi connectivity index (χ2v) is 23.0. The molecule has 0 aliphatic rings. The van der Waals surface area contributed by atoms with Gasteiger partial charge in [0.25, 0.3) is 0 Å². The van der Waals surface area contributed by atoms with E-state index in [2.05, 4.69) is 90.7 Å². The lowest BCUT2D eigenvalue weighted by atomic mass is 10.1. The van der Waals surface area contributed by atoms with Crippen LogP contribution in [-0.2, 0) is 19.5 Å². The van der Waals surface area contributed by atoms with Crippen molar-refractivity contribution < 1.29 is 51.1 Å². The van der Waals surface area contributed by atoms with Crippen molar-refractivity contribution in [2.24, 2.45) is 0 Å². The van der Waals surface area contributed by atoms with Crippen LogP contribution in [0.25, 0.3) is 0 Å². The number of nitrogens with zero attached hydrogens (tertiary/aromatic N) is 22. The molecular weight excluding hydrogens is 1340 g/mol. The molecule has 0 aliphatic carbocycles. The number of benzene rings is 5. The Morgan fingerprint density at radius 3 is 1.17 bits per heavy atom. The summed E-state index contributed by atoms with van der Waals surface area (Å²) in [4.78, 5) is 72.8. The molecule has 548 valence electrons. The van der Waals surface area contributed by atoms with Crippen molar-refractivity contribution in [3.8, 4) is 57.5 Å². The molecule has 10 aromatic rings. The lowest BCUT2D eigenvalue weighted by Crippen LogP contribution is -2.22. The zero-order chi connectivity index (χ0) is 75.9. The van der Waals surface area contributed by atoms with E-state index in [1.807, 2.05) is 14.1 Å². The van der Waals surface area contributed by atoms with Gasteiger partial charge in [-0.1, -0.05) is 48.5 Å². The van der Waals surface area contributed by atoms with E-state index in [1.165, 1.54) is 35.2 Å². The number of hydrogen-bond donors (Lipinski definition) is 18. The number of aromatic nitrogens is 15. The number of para-hydroxylation sites is 5. The molecule has 0 fully saturated rings. The van der Waals surface area contributed by atoms with Gasteiger partial charge in [-0.3, -0.25) is 0 Å². The number of unbranched alkanes of at least 4 members (excludes halogenated alkanes) is 1. The number of aryl methyl sites for hydroxylation is 1. The fourth-order valence-electron chi connectivity index (χ4n) is 8.41. The average Bonchev–Trinajstić information content (AvgIpc) is 0.799. The first kappa shape index (κ1) is 78.1. The molecule has 0 bridgehead atoms. The minimum absolute atomic E-state index is 0.0404. The van der Waals surface area contributed by atoms with Crippen molar-refractivity contribution in [2.45, 2.75) is 32.4 Å². The number of aromatic hydroxyl groups is 10. The third-order valence-electron chi connectivity index (χ3n) is 13.7. The van der Waals surface area contributed by atoms with Gasteiger partial charge in [-0.2, -0.15) is 74.8 Å². The van der Waals surface area contributed by atoms with E-state index in [9.17, 15) is 51.1 Å². The van der Waals surface area contributed by atoms with E-state index in [0.29, 0.717) is 83.9 Å². The van der Waals surface area contributed by atoms with Crippen LogP contribution in [-0.4, -0.2) is 217 Å². The van der Waals surface area contributed by atoms with Gasteiger partial charge in [0.15, 0.2) is 57.5 Å². The van der Waals surface area contributed by atoms with Crippen LogP contribution >= 0.6 is 0 Å². The van der Waals surface area contributed by atoms with Gasteiger partial charge in [0, 0.05) is 115 Å². The van der Waals surface area contributed by atoms with Crippen LogP contribution in [0.2, 0.25) is 0 Å². The number of nitrogens with two attached hydrogens (primary N) is 5. The third kappa shape index (κ3) is 22.9. The molecule has 5 aromatic heterocycles. The largest absolute Gasteiger partial charge is 0.504 e. The maximum Gasteiger partial charge on any atom is 0.236 e. The summed E-state index contributed by atoms with van der Waals surface area (Å²) in [6.07, 6.45) is 2.40. The molecule has 40 heteroatoms. The maximum atomic E-state index is 9.87. The summed E-state index contributed by atoms with van der Waals surface area (Å²) in [7, 11) is 21.4. The number of phenols is 10. The molecule has 40 nitrogen and oxygen atoms in total. The topological polar surface area (TPSA) is 585 Å². The van der Waals surface area contributed by atoms with Crippen molar-refractivity contribution in [3.63, 3.8) is 0 Å². The van der Waals surface area contributed by atoms with Crippen LogP contribution in [0.1, 0.15) is 29.5 Å². The van der Waals surface area contributed by atoms with Gasteiger partial charge in [0.05, 0.1) is 11.4 Å². The molecular formula is C63H86N30O10. The SMILES string of the molecule is CN(C)c1nc(N)nc(N(C)Cc2cccc(O)c2O)n1.CN(C)c1nc(N)nc(N(C)c2cccc(O)c2O)n1.CN(C)c1nc(N)nc(NCCCCc2cccc(O)c2O)n1.CN(C)c1nc(N)nc(NCc2cccc(O)c2O)n1.CN(C)c1nc(N)nc(Nc2cccc(O)c2O)n1. The zero-order valence-electron chi connectivity index (χ0n) is 58.6. The average molecular weight is 1420 g/mol. The highest BCUT2D eigenvalue weighted by Crippen LogP contribution is 2.38. The van der Waals surface area contributed by atoms with Gasteiger partial charge in [0.1, 0.15) is 0 Å². The Bertz CT molecular complexity index is 4450. The molecule has 0 saturated heterocycles. The van der Waals surface area contributed by atoms with E-state index in [1.54, 1.807) is 161 Å². The van der Waals surface area contributed by atoms with Crippen LogP contribution in [0.5, 0.6) is 57.5 Å². The Balaban J connectivity index is 0.000000202. The Labute approximate surface area is 591 Å². The Morgan fingerprint density at radius 1 is 0.320 bits per heavy atom. The molecule has 5 aromatic carbocycles. The predicted molar refractivity (Wildman–Crippen MR) is 394 cm³/mol. The van der Waals surface area contributed by atoms with Gasteiger partial charge in [-0.15, -0.1) is 0 Å². The summed E-state index contributed by atoms with van der Waals surface area (Å²) < 4.78 is 0. The lowest BCUT2D eigenvalue weighted by molar-refractivity contribution is 0.399. The Morgan fingerprint density at radius 2 is 0.670 bits per heavy atom. The normalized spacial score (nSPS) is 10.4. The van der Waals surface area contributed by atoms with E-state index >= 15 is 0 Å². The van der Waals surface area contributed by atoms with Crippen molar-refractivity contribution in [2.75, 3.05) is 170 Å². The molecule has 5 heterocycles. The van der Waals surface area contributed by atoms with Crippen LogP contribution < -0.4 is 78.9 Å². The highest BCUT2D eigenvalue weighted by Gasteiger charge is 2.19. The summed E-state index contributed by atoms with van der Waals surface area (Å²) in [6.45, 7) is 1.24. The molecule has 0 spiro atoms. The zero-order valence-corrected chi connectivity index (χ0v) is 58.6. The van der Waals surface area contributed by atoms with Crippen molar-refractivity contribution >= 4 is 101 Å². The van der Waals surface area contributed by atoms with E-state index in [0.717, 1.165) is 18.4 Å².